The first kappa shape index (κ1) is 23.5. The Bertz CT molecular complexity index is 1100. The van der Waals surface area contributed by atoms with Crippen molar-refractivity contribution in [3.05, 3.63) is 21.9 Å². The highest BCUT2D eigenvalue weighted by atomic mass is 32.2. The summed E-state index contributed by atoms with van der Waals surface area (Å²) in [6, 6.07) is 0. The molecule has 0 aromatic carbocycles. The second kappa shape index (κ2) is 9.11. The van der Waals surface area contributed by atoms with Gasteiger partial charge in [-0.25, -0.2) is 4.79 Å². The molecule has 0 aliphatic heterocycles. The summed E-state index contributed by atoms with van der Waals surface area (Å²) in [5.41, 5.74) is 0.780. The van der Waals surface area contributed by atoms with Crippen LogP contribution in [0.25, 0.3) is 0 Å². The number of anilines is 1. The Balaban J connectivity index is 1.25. The van der Waals surface area contributed by atoms with Crippen LogP contribution in [0.3, 0.4) is 0 Å². The van der Waals surface area contributed by atoms with E-state index in [1.807, 2.05) is 0 Å². The number of esters is 1. The van der Waals surface area contributed by atoms with Crippen LogP contribution in [-0.2, 0) is 14.9 Å². The fraction of sp³-hybridized carbons (Fsp3) is 0.625. The van der Waals surface area contributed by atoms with Gasteiger partial charge in [0.25, 0.3) is 5.22 Å². The van der Waals surface area contributed by atoms with Crippen molar-refractivity contribution < 1.29 is 23.5 Å². The number of hydrogen-bond donors (Lipinski definition) is 1. The highest BCUT2D eigenvalue weighted by Gasteiger charge is 2.54. The van der Waals surface area contributed by atoms with Crippen LogP contribution in [0.4, 0.5) is 5.00 Å². The molecule has 10 heteroatoms. The quantitative estimate of drug-likeness (QED) is 0.304. The van der Waals surface area contributed by atoms with Crippen LogP contribution < -0.4 is 5.32 Å². The molecule has 8 nitrogen and oxygen atoms in total. The van der Waals surface area contributed by atoms with Gasteiger partial charge in [0.05, 0.1) is 22.8 Å². The number of carbonyl (C=O) groups is 3. The molecule has 34 heavy (non-hydrogen) atoms. The van der Waals surface area contributed by atoms with E-state index in [9.17, 15) is 14.4 Å². The SMILES string of the molecule is CCOC(=O)c1c(NC(=O)CSc2nnc(C34CC5CC(CC(C5)C3)C4)o2)sc(C(C)=O)c1C. The van der Waals surface area contributed by atoms with Gasteiger partial charge in [0, 0.05) is 5.41 Å². The second-order valence-corrected chi connectivity index (χ2v) is 11.9. The van der Waals surface area contributed by atoms with Gasteiger partial charge < -0.3 is 14.5 Å². The average Bonchev–Trinajstić information content (AvgIpc) is 3.37. The molecular weight excluding hydrogens is 474 g/mol. The summed E-state index contributed by atoms with van der Waals surface area (Å²) in [5.74, 6) is 2.10. The van der Waals surface area contributed by atoms with Crippen LogP contribution >= 0.6 is 23.1 Å². The summed E-state index contributed by atoms with van der Waals surface area (Å²) in [5, 5.41) is 12.1. The minimum Gasteiger partial charge on any atom is -0.462 e. The highest BCUT2D eigenvalue weighted by molar-refractivity contribution is 7.99. The van der Waals surface area contributed by atoms with Gasteiger partial charge in [-0.1, -0.05) is 11.8 Å². The average molecular weight is 504 g/mol. The third-order valence-electron chi connectivity index (χ3n) is 7.42. The van der Waals surface area contributed by atoms with Gasteiger partial charge in [0.1, 0.15) is 5.00 Å². The maximum atomic E-state index is 12.7. The van der Waals surface area contributed by atoms with E-state index in [0.29, 0.717) is 20.7 Å². The number of rotatable bonds is 8. The van der Waals surface area contributed by atoms with Gasteiger partial charge in [-0.15, -0.1) is 21.5 Å². The van der Waals surface area contributed by atoms with Crippen LogP contribution in [0, 0.1) is 24.7 Å². The predicted molar refractivity (Wildman–Crippen MR) is 129 cm³/mol. The fourth-order valence-corrected chi connectivity index (χ4v) is 8.20. The smallest absolute Gasteiger partial charge is 0.341 e. The van der Waals surface area contributed by atoms with Crippen LogP contribution in [0.15, 0.2) is 9.64 Å². The van der Waals surface area contributed by atoms with E-state index < -0.39 is 5.97 Å². The minimum absolute atomic E-state index is 0.0228. The van der Waals surface area contributed by atoms with E-state index >= 15 is 0 Å². The van der Waals surface area contributed by atoms with Crippen molar-refractivity contribution in [3.63, 3.8) is 0 Å². The van der Waals surface area contributed by atoms with Crippen molar-refractivity contribution in [1.29, 1.82) is 0 Å². The third kappa shape index (κ3) is 4.30. The van der Waals surface area contributed by atoms with Gasteiger partial charge in [0.2, 0.25) is 11.8 Å². The first-order valence-electron chi connectivity index (χ1n) is 11.9. The third-order valence-corrected chi connectivity index (χ3v) is 9.55. The summed E-state index contributed by atoms with van der Waals surface area (Å²) in [6.45, 7) is 5.04. The van der Waals surface area contributed by atoms with Crippen molar-refractivity contribution in [2.24, 2.45) is 17.8 Å². The molecule has 0 radical (unpaired) electrons. The Kier molecular flexibility index (Phi) is 6.31. The zero-order chi connectivity index (χ0) is 24.0. The molecule has 4 saturated carbocycles. The van der Waals surface area contributed by atoms with Gasteiger partial charge in [0.15, 0.2) is 5.78 Å². The topological polar surface area (TPSA) is 111 Å². The Morgan fingerprint density at radius 1 is 1.15 bits per heavy atom. The first-order chi connectivity index (χ1) is 16.3. The molecule has 0 spiro atoms. The number of amides is 1. The Hall–Kier alpha value is -2.20. The van der Waals surface area contributed by atoms with Crippen molar-refractivity contribution in [2.45, 2.75) is 69.9 Å². The van der Waals surface area contributed by atoms with Gasteiger partial charge >= 0.3 is 5.97 Å². The van der Waals surface area contributed by atoms with Gasteiger partial charge in [-0.2, -0.15) is 0 Å². The number of nitrogens with one attached hydrogen (secondary N) is 1. The number of thioether (sulfide) groups is 1. The van der Waals surface area contributed by atoms with E-state index in [1.54, 1.807) is 13.8 Å². The molecule has 0 unspecified atom stereocenters. The van der Waals surface area contributed by atoms with Crippen molar-refractivity contribution >= 4 is 45.8 Å². The number of thiophene rings is 1. The standard InChI is InChI=1S/C24H29N3O5S2/c1-4-31-21(30)18-12(2)19(13(3)28)34-20(18)25-17(29)11-33-23-27-26-22(32-23)24-8-14-5-15(9-24)7-16(6-14)10-24/h14-16H,4-11H2,1-3H3,(H,25,29). The largest absolute Gasteiger partial charge is 0.462 e. The predicted octanol–water partition coefficient (Wildman–Crippen LogP) is 5.02. The number of ketones is 1. The van der Waals surface area contributed by atoms with Gasteiger partial charge in [-0.05, 0) is 82.6 Å². The van der Waals surface area contributed by atoms with E-state index in [4.69, 9.17) is 9.15 Å². The molecular formula is C24H29N3O5S2. The van der Waals surface area contributed by atoms with E-state index in [0.717, 1.165) is 54.2 Å². The number of aromatic nitrogens is 2. The van der Waals surface area contributed by atoms with Gasteiger partial charge in [-0.3, -0.25) is 9.59 Å². The van der Waals surface area contributed by atoms with Crippen molar-refractivity contribution in [3.8, 4) is 0 Å². The number of hydrogen-bond acceptors (Lipinski definition) is 9. The number of nitrogens with zero attached hydrogens (tertiary/aromatic N) is 2. The normalized spacial score (nSPS) is 27.1. The molecule has 182 valence electrons. The van der Waals surface area contributed by atoms with E-state index in [2.05, 4.69) is 15.5 Å². The maximum absolute atomic E-state index is 12.7. The first-order valence-corrected chi connectivity index (χ1v) is 13.7. The Labute approximate surface area is 206 Å². The number of carbonyl (C=O) groups excluding carboxylic acids is 3. The monoisotopic (exact) mass is 503 g/mol. The lowest BCUT2D eigenvalue weighted by atomic mass is 9.49. The second-order valence-electron chi connectivity index (χ2n) is 9.94. The maximum Gasteiger partial charge on any atom is 0.341 e. The van der Waals surface area contributed by atoms with Crippen LogP contribution in [-0.4, -0.2) is 40.2 Å². The van der Waals surface area contributed by atoms with Crippen LogP contribution in [0.2, 0.25) is 0 Å². The lowest BCUT2D eigenvalue weighted by molar-refractivity contribution is -0.113. The zero-order valence-electron chi connectivity index (χ0n) is 19.6. The fourth-order valence-electron chi connectivity index (χ4n) is 6.53. The summed E-state index contributed by atoms with van der Waals surface area (Å²) in [6.07, 6.45) is 7.44. The lowest BCUT2D eigenvalue weighted by Gasteiger charge is -2.55. The van der Waals surface area contributed by atoms with Crippen LogP contribution in [0.5, 0.6) is 0 Å². The lowest BCUT2D eigenvalue weighted by Crippen LogP contribution is -2.48. The summed E-state index contributed by atoms with van der Waals surface area (Å²) < 4.78 is 11.2. The number of ether oxygens (including phenoxy) is 1. The molecule has 6 rings (SSSR count). The van der Waals surface area contributed by atoms with Crippen molar-refractivity contribution in [2.75, 3.05) is 17.7 Å². The molecule has 2 heterocycles. The molecule has 0 atom stereocenters. The molecule has 2 aromatic heterocycles. The molecule has 4 bridgehead atoms. The molecule has 1 N–H and O–H groups in total. The summed E-state index contributed by atoms with van der Waals surface area (Å²) in [7, 11) is 0. The number of Topliss-reactive ketones (excluding diaryl/α,β-unsaturated/α-hetero) is 1. The molecule has 1 amide bonds. The van der Waals surface area contributed by atoms with Crippen molar-refractivity contribution in [1.82, 2.24) is 10.2 Å². The zero-order valence-corrected chi connectivity index (χ0v) is 21.3. The molecule has 2 aromatic rings. The molecule has 4 aliphatic carbocycles. The van der Waals surface area contributed by atoms with Crippen LogP contribution in [0.1, 0.15) is 83.9 Å². The van der Waals surface area contributed by atoms with E-state index in [1.165, 1.54) is 37.9 Å². The molecule has 0 saturated heterocycles. The summed E-state index contributed by atoms with van der Waals surface area (Å²) >= 11 is 2.28. The summed E-state index contributed by atoms with van der Waals surface area (Å²) in [4.78, 5) is 37.5. The molecule has 4 fully saturated rings. The Morgan fingerprint density at radius 2 is 1.79 bits per heavy atom. The molecule has 4 aliphatic rings. The minimum atomic E-state index is -0.552. The Morgan fingerprint density at radius 3 is 2.38 bits per heavy atom. The van der Waals surface area contributed by atoms with E-state index in [-0.39, 0.29) is 35.0 Å². The highest BCUT2D eigenvalue weighted by Crippen LogP contribution is 2.60.